The minimum absolute atomic E-state index is 0.131. The van der Waals surface area contributed by atoms with Crippen molar-refractivity contribution in [3.8, 4) is 22.9 Å². The fourth-order valence-electron chi connectivity index (χ4n) is 2.97. The predicted molar refractivity (Wildman–Crippen MR) is 124 cm³/mol. The number of aromatic nitrogens is 3. The van der Waals surface area contributed by atoms with E-state index >= 15 is 0 Å². The van der Waals surface area contributed by atoms with E-state index in [1.165, 1.54) is 7.11 Å². The Balaban J connectivity index is 1.67. The Morgan fingerprint density at radius 1 is 1.12 bits per heavy atom. The highest BCUT2D eigenvalue weighted by Crippen LogP contribution is 2.32. The molecule has 33 heavy (non-hydrogen) atoms. The minimum atomic E-state index is -0.400. The quantitative estimate of drug-likeness (QED) is 0.412. The molecule has 0 saturated heterocycles. The second-order valence-electron chi connectivity index (χ2n) is 7.04. The lowest BCUT2D eigenvalue weighted by molar-refractivity contribution is -0.121. The van der Waals surface area contributed by atoms with Crippen LogP contribution in [0.25, 0.3) is 11.4 Å². The normalized spacial score (nSPS) is 10.6. The molecule has 0 atom stereocenters. The molecule has 2 aromatic carbocycles. The summed E-state index contributed by atoms with van der Waals surface area (Å²) in [6.07, 6.45) is 0.311. The van der Waals surface area contributed by atoms with Gasteiger partial charge in [0.1, 0.15) is 12.3 Å². The van der Waals surface area contributed by atoms with Gasteiger partial charge in [-0.25, -0.2) is 0 Å². The molecule has 0 spiro atoms. The Labute approximate surface area is 196 Å². The summed E-state index contributed by atoms with van der Waals surface area (Å²) >= 11 is 6.18. The van der Waals surface area contributed by atoms with E-state index < -0.39 is 5.56 Å². The molecule has 0 bridgehead atoms. The summed E-state index contributed by atoms with van der Waals surface area (Å²) < 4.78 is 16.2. The SMILES string of the molecule is COCCNC(=O)CCc1nnc(-c2ccc(OCc3ccccc3Cl)c(OC)c2)[nH]c1=O. The molecule has 10 heteroatoms. The summed E-state index contributed by atoms with van der Waals surface area (Å²) in [6.45, 7) is 1.12. The Bertz CT molecular complexity index is 1150. The van der Waals surface area contributed by atoms with Gasteiger partial charge in [-0.2, -0.15) is 0 Å². The number of rotatable bonds is 11. The Morgan fingerprint density at radius 3 is 2.67 bits per heavy atom. The maximum Gasteiger partial charge on any atom is 0.273 e. The summed E-state index contributed by atoms with van der Waals surface area (Å²) in [5, 5.41) is 11.4. The van der Waals surface area contributed by atoms with Crippen LogP contribution in [-0.2, 0) is 22.6 Å². The number of ether oxygens (including phenoxy) is 3. The lowest BCUT2D eigenvalue weighted by Crippen LogP contribution is -2.28. The van der Waals surface area contributed by atoms with Gasteiger partial charge in [0.15, 0.2) is 17.3 Å². The number of halogens is 1. The summed E-state index contributed by atoms with van der Waals surface area (Å²) in [5.74, 6) is 1.09. The van der Waals surface area contributed by atoms with Crippen LogP contribution < -0.4 is 20.3 Å². The number of nitrogens with zero attached hydrogens (tertiary/aromatic N) is 2. The number of carbonyl (C=O) groups is 1. The molecule has 174 valence electrons. The van der Waals surface area contributed by atoms with Crippen molar-refractivity contribution in [2.24, 2.45) is 0 Å². The molecule has 0 aliphatic carbocycles. The molecular weight excluding hydrogens is 448 g/mol. The Morgan fingerprint density at radius 2 is 1.94 bits per heavy atom. The van der Waals surface area contributed by atoms with Gasteiger partial charge in [0.05, 0.1) is 13.7 Å². The Hall–Kier alpha value is -3.43. The maximum absolute atomic E-state index is 12.4. The summed E-state index contributed by atoms with van der Waals surface area (Å²) in [6, 6.07) is 12.6. The molecule has 0 radical (unpaired) electrons. The third-order valence-corrected chi connectivity index (χ3v) is 5.13. The summed E-state index contributed by atoms with van der Waals surface area (Å²) in [5.41, 5.74) is 1.24. The number of nitrogens with one attached hydrogen (secondary N) is 2. The number of benzene rings is 2. The second kappa shape index (κ2) is 12.0. The van der Waals surface area contributed by atoms with Gasteiger partial charge in [-0.3, -0.25) is 9.59 Å². The van der Waals surface area contributed by atoms with Gasteiger partial charge in [-0.15, -0.1) is 10.2 Å². The van der Waals surface area contributed by atoms with E-state index in [2.05, 4.69) is 20.5 Å². The van der Waals surface area contributed by atoms with E-state index in [4.69, 9.17) is 25.8 Å². The van der Waals surface area contributed by atoms with Crippen molar-refractivity contribution in [2.45, 2.75) is 19.4 Å². The van der Waals surface area contributed by atoms with Crippen molar-refractivity contribution in [3.05, 3.63) is 69.1 Å². The van der Waals surface area contributed by atoms with Gasteiger partial charge < -0.3 is 24.5 Å². The molecule has 0 unspecified atom stereocenters. The number of H-pyrrole nitrogens is 1. The number of hydrogen-bond donors (Lipinski definition) is 2. The van der Waals surface area contributed by atoms with Gasteiger partial charge >= 0.3 is 0 Å². The van der Waals surface area contributed by atoms with Crippen molar-refractivity contribution in [3.63, 3.8) is 0 Å². The lowest BCUT2D eigenvalue weighted by Gasteiger charge is -2.12. The zero-order valence-corrected chi connectivity index (χ0v) is 19.1. The first kappa shape index (κ1) is 24.2. The third-order valence-electron chi connectivity index (χ3n) is 4.76. The second-order valence-corrected chi connectivity index (χ2v) is 7.45. The number of hydrogen-bond acceptors (Lipinski definition) is 7. The monoisotopic (exact) mass is 472 g/mol. The highest BCUT2D eigenvalue weighted by Gasteiger charge is 2.13. The molecule has 0 aliphatic heterocycles. The average molecular weight is 473 g/mol. The zero-order chi connectivity index (χ0) is 23.6. The lowest BCUT2D eigenvalue weighted by atomic mass is 10.2. The first-order chi connectivity index (χ1) is 16.0. The average Bonchev–Trinajstić information content (AvgIpc) is 2.83. The van der Waals surface area contributed by atoms with Crippen LogP contribution in [0.3, 0.4) is 0 Å². The number of aromatic amines is 1. The molecule has 9 nitrogen and oxygen atoms in total. The number of aryl methyl sites for hydroxylation is 1. The van der Waals surface area contributed by atoms with Crippen LogP contribution >= 0.6 is 11.6 Å². The van der Waals surface area contributed by atoms with E-state index in [0.717, 1.165) is 5.56 Å². The highest BCUT2D eigenvalue weighted by atomic mass is 35.5. The van der Waals surface area contributed by atoms with Gasteiger partial charge in [-0.05, 0) is 24.3 Å². The first-order valence-corrected chi connectivity index (χ1v) is 10.7. The largest absolute Gasteiger partial charge is 0.493 e. The molecule has 2 N–H and O–H groups in total. The standard InChI is InChI=1S/C23H25ClN4O5/c1-31-12-11-25-21(29)10-8-18-23(30)26-22(28-27-18)15-7-9-19(20(13-15)32-2)33-14-16-5-3-4-6-17(16)24/h3-7,9,13H,8,10-12,14H2,1-2H3,(H,25,29)(H,26,28,30). The van der Waals surface area contributed by atoms with Gasteiger partial charge in [0.2, 0.25) is 5.91 Å². The van der Waals surface area contributed by atoms with Crippen LogP contribution in [-0.4, -0.2) is 48.5 Å². The van der Waals surface area contributed by atoms with E-state index in [0.29, 0.717) is 35.2 Å². The smallest absolute Gasteiger partial charge is 0.273 e. The van der Waals surface area contributed by atoms with E-state index in [1.54, 1.807) is 31.4 Å². The molecule has 1 heterocycles. The van der Waals surface area contributed by atoms with Crippen LogP contribution in [0, 0.1) is 0 Å². The van der Waals surface area contributed by atoms with Crippen molar-refractivity contribution in [1.29, 1.82) is 0 Å². The highest BCUT2D eigenvalue weighted by molar-refractivity contribution is 6.31. The van der Waals surface area contributed by atoms with Gasteiger partial charge in [-0.1, -0.05) is 29.8 Å². The molecule has 1 amide bonds. The van der Waals surface area contributed by atoms with Gasteiger partial charge in [0, 0.05) is 42.6 Å². The maximum atomic E-state index is 12.4. The number of methoxy groups -OCH3 is 2. The predicted octanol–water partition coefficient (Wildman–Crippen LogP) is 2.77. The zero-order valence-electron chi connectivity index (χ0n) is 18.4. The topological polar surface area (TPSA) is 115 Å². The van der Waals surface area contributed by atoms with E-state index in [-0.39, 0.29) is 36.9 Å². The van der Waals surface area contributed by atoms with Crippen molar-refractivity contribution in [1.82, 2.24) is 20.5 Å². The number of amides is 1. The molecule has 0 fully saturated rings. The first-order valence-electron chi connectivity index (χ1n) is 10.3. The van der Waals surface area contributed by atoms with Crippen LogP contribution in [0.4, 0.5) is 0 Å². The molecule has 3 aromatic rings. The van der Waals surface area contributed by atoms with Crippen LogP contribution in [0.5, 0.6) is 11.5 Å². The fraction of sp³-hybridized carbons (Fsp3) is 0.304. The van der Waals surface area contributed by atoms with Gasteiger partial charge in [0.25, 0.3) is 5.56 Å². The molecule has 3 rings (SSSR count). The van der Waals surface area contributed by atoms with E-state index in [9.17, 15) is 9.59 Å². The van der Waals surface area contributed by atoms with E-state index in [1.807, 2.05) is 18.2 Å². The van der Waals surface area contributed by atoms with Crippen molar-refractivity contribution >= 4 is 17.5 Å². The molecule has 0 aliphatic rings. The molecule has 1 aromatic heterocycles. The van der Waals surface area contributed by atoms with Crippen molar-refractivity contribution < 1.29 is 19.0 Å². The van der Waals surface area contributed by atoms with Crippen molar-refractivity contribution in [2.75, 3.05) is 27.4 Å². The minimum Gasteiger partial charge on any atom is -0.493 e. The van der Waals surface area contributed by atoms with Crippen LogP contribution in [0.1, 0.15) is 17.7 Å². The molecule has 0 saturated carbocycles. The third kappa shape index (κ3) is 6.77. The summed E-state index contributed by atoms with van der Waals surface area (Å²) in [4.78, 5) is 26.9. The molecular formula is C23H25ClN4O5. The number of carbonyl (C=O) groups excluding carboxylic acids is 1. The van der Waals surface area contributed by atoms with Crippen LogP contribution in [0.15, 0.2) is 47.3 Å². The van der Waals surface area contributed by atoms with Crippen LogP contribution in [0.2, 0.25) is 5.02 Å². The fourth-order valence-corrected chi connectivity index (χ4v) is 3.16. The Kier molecular flexibility index (Phi) is 8.79. The summed E-state index contributed by atoms with van der Waals surface area (Å²) in [7, 11) is 3.08.